The first-order valence-corrected chi connectivity index (χ1v) is 6.09. The Morgan fingerprint density at radius 3 is 2.56 bits per heavy atom. The Hall–Kier alpha value is -1.98. The zero-order valence-electron chi connectivity index (χ0n) is 10.0. The lowest BCUT2D eigenvalue weighted by molar-refractivity contribution is 0.884. The zero-order valence-corrected chi connectivity index (χ0v) is 10.8. The average Bonchev–Trinajstić information content (AvgIpc) is 2.41. The van der Waals surface area contributed by atoms with Gasteiger partial charge in [-0.2, -0.15) is 5.26 Å². The van der Waals surface area contributed by atoms with Crippen LogP contribution < -0.4 is 5.32 Å². The molecule has 0 radical (unpaired) electrons. The summed E-state index contributed by atoms with van der Waals surface area (Å²) in [6.07, 6.45) is 0. The third-order valence-electron chi connectivity index (χ3n) is 2.74. The summed E-state index contributed by atoms with van der Waals surface area (Å²) in [5.41, 5.74) is 2.77. The van der Waals surface area contributed by atoms with E-state index >= 15 is 0 Å². The monoisotopic (exact) mass is 256 g/mol. The molecule has 0 aromatic heterocycles. The standard InChI is InChI=1S/C15H13ClN2/c1-11(13-4-2-3-12(9-13)10-17)18-15-7-5-14(16)6-8-15/h2-9,11,18H,1H3. The molecule has 2 aromatic carbocycles. The van der Waals surface area contributed by atoms with E-state index < -0.39 is 0 Å². The summed E-state index contributed by atoms with van der Waals surface area (Å²) in [5.74, 6) is 0. The number of halogens is 1. The topological polar surface area (TPSA) is 35.8 Å². The van der Waals surface area contributed by atoms with Gasteiger partial charge in [-0.15, -0.1) is 0 Å². The first-order chi connectivity index (χ1) is 8.69. The number of hydrogen-bond acceptors (Lipinski definition) is 2. The number of benzene rings is 2. The van der Waals surface area contributed by atoms with Gasteiger partial charge >= 0.3 is 0 Å². The second kappa shape index (κ2) is 5.57. The molecular formula is C15H13ClN2. The normalized spacial score (nSPS) is 11.6. The molecule has 0 aliphatic rings. The molecule has 18 heavy (non-hydrogen) atoms. The van der Waals surface area contributed by atoms with Crippen LogP contribution in [-0.2, 0) is 0 Å². The second-order valence-electron chi connectivity index (χ2n) is 4.11. The molecule has 0 aliphatic carbocycles. The van der Waals surface area contributed by atoms with Gasteiger partial charge in [-0.1, -0.05) is 23.7 Å². The summed E-state index contributed by atoms with van der Waals surface area (Å²) in [4.78, 5) is 0. The van der Waals surface area contributed by atoms with Gasteiger partial charge in [0.25, 0.3) is 0 Å². The van der Waals surface area contributed by atoms with Crippen LogP contribution in [0.4, 0.5) is 5.69 Å². The minimum absolute atomic E-state index is 0.138. The molecule has 0 heterocycles. The summed E-state index contributed by atoms with van der Waals surface area (Å²) in [5, 5.41) is 13.0. The number of anilines is 1. The van der Waals surface area contributed by atoms with Gasteiger partial charge in [-0.3, -0.25) is 0 Å². The summed E-state index contributed by atoms with van der Waals surface area (Å²) in [7, 11) is 0. The van der Waals surface area contributed by atoms with Crippen LogP contribution in [0.3, 0.4) is 0 Å². The number of nitriles is 1. The largest absolute Gasteiger partial charge is 0.379 e. The first kappa shape index (κ1) is 12.5. The highest BCUT2D eigenvalue weighted by molar-refractivity contribution is 6.30. The molecule has 0 aliphatic heterocycles. The van der Waals surface area contributed by atoms with Crippen molar-refractivity contribution < 1.29 is 0 Å². The van der Waals surface area contributed by atoms with Crippen LogP contribution >= 0.6 is 11.6 Å². The Morgan fingerprint density at radius 2 is 1.89 bits per heavy atom. The Kier molecular flexibility index (Phi) is 3.86. The molecule has 0 saturated heterocycles. The highest BCUT2D eigenvalue weighted by atomic mass is 35.5. The van der Waals surface area contributed by atoms with Crippen LogP contribution in [0.25, 0.3) is 0 Å². The molecule has 3 heteroatoms. The van der Waals surface area contributed by atoms with Gasteiger partial charge in [0.1, 0.15) is 0 Å². The predicted molar refractivity (Wildman–Crippen MR) is 74.6 cm³/mol. The lowest BCUT2D eigenvalue weighted by Crippen LogP contribution is -2.06. The van der Waals surface area contributed by atoms with Crippen LogP contribution in [0, 0.1) is 11.3 Å². The van der Waals surface area contributed by atoms with E-state index in [0.29, 0.717) is 5.56 Å². The minimum Gasteiger partial charge on any atom is -0.379 e. The maximum Gasteiger partial charge on any atom is 0.0991 e. The van der Waals surface area contributed by atoms with Crippen molar-refractivity contribution in [1.82, 2.24) is 0 Å². The van der Waals surface area contributed by atoms with Crippen LogP contribution in [0.2, 0.25) is 5.02 Å². The molecular weight excluding hydrogens is 244 g/mol. The van der Waals surface area contributed by atoms with E-state index in [1.807, 2.05) is 42.5 Å². The van der Waals surface area contributed by atoms with Crippen molar-refractivity contribution in [3.8, 4) is 6.07 Å². The Morgan fingerprint density at radius 1 is 1.17 bits per heavy atom. The number of rotatable bonds is 3. The summed E-state index contributed by atoms with van der Waals surface area (Å²) < 4.78 is 0. The molecule has 1 atom stereocenters. The highest BCUT2D eigenvalue weighted by Gasteiger charge is 2.05. The molecule has 0 bridgehead atoms. The molecule has 2 aromatic rings. The number of nitrogens with zero attached hydrogens (tertiary/aromatic N) is 1. The molecule has 0 amide bonds. The smallest absolute Gasteiger partial charge is 0.0991 e. The lowest BCUT2D eigenvalue weighted by atomic mass is 10.1. The molecule has 2 rings (SSSR count). The third kappa shape index (κ3) is 3.03. The van der Waals surface area contributed by atoms with Gasteiger partial charge in [0.2, 0.25) is 0 Å². The van der Waals surface area contributed by atoms with Crippen molar-refractivity contribution in [3.05, 3.63) is 64.7 Å². The van der Waals surface area contributed by atoms with Crippen molar-refractivity contribution in [2.45, 2.75) is 13.0 Å². The van der Waals surface area contributed by atoms with E-state index in [2.05, 4.69) is 18.3 Å². The number of hydrogen-bond donors (Lipinski definition) is 1. The molecule has 1 N–H and O–H groups in total. The fourth-order valence-electron chi connectivity index (χ4n) is 1.76. The number of nitrogens with one attached hydrogen (secondary N) is 1. The Labute approximate surface area is 112 Å². The van der Waals surface area contributed by atoms with Crippen molar-refractivity contribution >= 4 is 17.3 Å². The van der Waals surface area contributed by atoms with E-state index in [1.165, 1.54) is 0 Å². The van der Waals surface area contributed by atoms with Crippen molar-refractivity contribution in [2.24, 2.45) is 0 Å². The fourth-order valence-corrected chi connectivity index (χ4v) is 1.88. The zero-order chi connectivity index (χ0) is 13.0. The van der Waals surface area contributed by atoms with Crippen molar-refractivity contribution in [1.29, 1.82) is 5.26 Å². The van der Waals surface area contributed by atoms with E-state index in [9.17, 15) is 0 Å². The average molecular weight is 257 g/mol. The Bertz CT molecular complexity index is 570. The van der Waals surface area contributed by atoms with Gasteiger partial charge in [0.15, 0.2) is 0 Å². The van der Waals surface area contributed by atoms with E-state index in [4.69, 9.17) is 16.9 Å². The van der Waals surface area contributed by atoms with Crippen molar-refractivity contribution in [2.75, 3.05) is 5.32 Å². The van der Waals surface area contributed by atoms with Gasteiger partial charge in [-0.25, -0.2) is 0 Å². The quantitative estimate of drug-likeness (QED) is 0.884. The lowest BCUT2D eigenvalue weighted by Gasteiger charge is -2.16. The summed E-state index contributed by atoms with van der Waals surface area (Å²) in [6, 6.07) is 17.5. The highest BCUT2D eigenvalue weighted by Crippen LogP contribution is 2.21. The third-order valence-corrected chi connectivity index (χ3v) is 3.00. The fraction of sp³-hybridized carbons (Fsp3) is 0.133. The van der Waals surface area contributed by atoms with Gasteiger partial charge in [-0.05, 0) is 48.9 Å². The second-order valence-corrected chi connectivity index (χ2v) is 4.55. The summed E-state index contributed by atoms with van der Waals surface area (Å²) >= 11 is 5.84. The van der Waals surface area contributed by atoms with E-state index in [-0.39, 0.29) is 6.04 Å². The molecule has 1 unspecified atom stereocenters. The van der Waals surface area contributed by atoms with Crippen LogP contribution in [0.15, 0.2) is 48.5 Å². The summed E-state index contributed by atoms with van der Waals surface area (Å²) in [6.45, 7) is 2.06. The van der Waals surface area contributed by atoms with Crippen LogP contribution in [0.1, 0.15) is 24.1 Å². The van der Waals surface area contributed by atoms with Gasteiger partial charge in [0, 0.05) is 16.8 Å². The minimum atomic E-state index is 0.138. The van der Waals surface area contributed by atoms with Gasteiger partial charge in [0.05, 0.1) is 11.6 Å². The van der Waals surface area contributed by atoms with Crippen LogP contribution in [0.5, 0.6) is 0 Å². The molecule has 0 saturated carbocycles. The van der Waals surface area contributed by atoms with E-state index in [1.54, 1.807) is 6.07 Å². The van der Waals surface area contributed by atoms with Crippen molar-refractivity contribution in [3.63, 3.8) is 0 Å². The van der Waals surface area contributed by atoms with E-state index in [0.717, 1.165) is 16.3 Å². The maximum absolute atomic E-state index is 8.88. The Balaban J connectivity index is 2.14. The van der Waals surface area contributed by atoms with Crippen LogP contribution in [-0.4, -0.2) is 0 Å². The maximum atomic E-state index is 8.88. The molecule has 0 spiro atoms. The molecule has 0 fully saturated rings. The van der Waals surface area contributed by atoms with Gasteiger partial charge < -0.3 is 5.32 Å². The molecule has 2 nitrogen and oxygen atoms in total. The first-order valence-electron chi connectivity index (χ1n) is 5.71. The SMILES string of the molecule is CC(Nc1ccc(Cl)cc1)c1cccc(C#N)c1. The molecule has 90 valence electrons. The predicted octanol–water partition coefficient (Wildman–Crippen LogP) is 4.38.